The van der Waals surface area contributed by atoms with Crippen molar-refractivity contribution in [2.75, 3.05) is 20.6 Å². The van der Waals surface area contributed by atoms with E-state index in [1.165, 1.54) is 0 Å². The molecule has 0 saturated heterocycles. The average Bonchev–Trinajstić information content (AvgIpc) is 3.01. The van der Waals surface area contributed by atoms with Crippen molar-refractivity contribution in [1.82, 2.24) is 4.90 Å². The summed E-state index contributed by atoms with van der Waals surface area (Å²) in [5.74, 6) is 0. The summed E-state index contributed by atoms with van der Waals surface area (Å²) in [5, 5.41) is 0. The zero-order valence-electron chi connectivity index (χ0n) is 16.1. The molecule has 4 nitrogen and oxygen atoms in total. The molecular weight excluding hydrogens is 336 g/mol. The van der Waals surface area contributed by atoms with Gasteiger partial charge >= 0.3 is 0 Å². The van der Waals surface area contributed by atoms with Crippen LogP contribution in [0.4, 0.5) is 0 Å². The maximum atomic E-state index is 11.5. The van der Waals surface area contributed by atoms with Crippen molar-refractivity contribution in [2.45, 2.75) is 19.3 Å². The highest BCUT2D eigenvalue weighted by Crippen LogP contribution is 2.30. The lowest BCUT2D eigenvalue weighted by Crippen LogP contribution is -2.14. The van der Waals surface area contributed by atoms with E-state index in [-0.39, 0.29) is 0 Å². The van der Waals surface area contributed by atoms with E-state index in [4.69, 9.17) is 0 Å². The van der Waals surface area contributed by atoms with Crippen LogP contribution in [0.25, 0.3) is 0 Å². The third kappa shape index (κ3) is 5.31. The molecule has 0 aromatic heterocycles. The molecule has 0 spiro atoms. The molecule has 0 N–H and O–H groups in total. The van der Waals surface area contributed by atoms with E-state index in [0.29, 0.717) is 29.7 Å². The number of hydrogen-bond acceptors (Lipinski definition) is 4. The lowest BCUT2D eigenvalue weighted by atomic mass is 9.96. The van der Waals surface area contributed by atoms with Crippen LogP contribution < -0.4 is 0 Å². The molecule has 2 rings (SSSR count). The number of aliphatic imine (C=N–C) groups is 1. The van der Waals surface area contributed by atoms with Crippen LogP contribution in [0.3, 0.4) is 0 Å². The van der Waals surface area contributed by atoms with Crippen molar-refractivity contribution < 1.29 is 9.59 Å². The summed E-state index contributed by atoms with van der Waals surface area (Å²) in [6, 6.07) is 0. The van der Waals surface area contributed by atoms with Gasteiger partial charge in [0.05, 0.1) is 5.70 Å². The van der Waals surface area contributed by atoms with Gasteiger partial charge in [0.25, 0.3) is 0 Å². The normalized spacial score (nSPS) is 17.3. The molecular formula is C23H26N2O2. The highest BCUT2D eigenvalue weighted by atomic mass is 16.1. The van der Waals surface area contributed by atoms with Crippen LogP contribution in [0.2, 0.25) is 0 Å². The lowest BCUT2D eigenvalue weighted by molar-refractivity contribution is -0.105. The number of aldehydes is 2. The van der Waals surface area contributed by atoms with E-state index < -0.39 is 0 Å². The van der Waals surface area contributed by atoms with Gasteiger partial charge in [-0.25, -0.2) is 0 Å². The molecule has 0 aliphatic heterocycles. The Morgan fingerprint density at radius 3 is 2.63 bits per heavy atom. The fourth-order valence-corrected chi connectivity index (χ4v) is 3.05. The van der Waals surface area contributed by atoms with Crippen LogP contribution in [0.5, 0.6) is 0 Å². The predicted molar refractivity (Wildman–Crippen MR) is 112 cm³/mol. The van der Waals surface area contributed by atoms with Crippen LogP contribution in [-0.2, 0) is 9.59 Å². The van der Waals surface area contributed by atoms with Crippen LogP contribution in [0.1, 0.15) is 19.3 Å². The summed E-state index contributed by atoms with van der Waals surface area (Å²) in [5.41, 5.74) is 5.74. The molecule has 0 aromatic carbocycles. The van der Waals surface area contributed by atoms with Crippen molar-refractivity contribution in [1.29, 1.82) is 0 Å². The number of rotatable bonds is 8. The van der Waals surface area contributed by atoms with Crippen LogP contribution >= 0.6 is 0 Å². The second kappa shape index (κ2) is 9.74. The van der Waals surface area contributed by atoms with E-state index in [9.17, 15) is 9.59 Å². The Morgan fingerprint density at radius 2 is 2.00 bits per heavy atom. The average molecular weight is 362 g/mol. The van der Waals surface area contributed by atoms with Gasteiger partial charge in [-0.2, -0.15) is 0 Å². The van der Waals surface area contributed by atoms with E-state index in [1.54, 1.807) is 0 Å². The minimum atomic E-state index is 0.394. The van der Waals surface area contributed by atoms with Gasteiger partial charge in [-0.3, -0.25) is 14.6 Å². The molecule has 0 unspecified atom stereocenters. The predicted octanol–water partition coefficient (Wildman–Crippen LogP) is 3.92. The molecule has 0 fully saturated rings. The van der Waals surface area contributed by atoms with Crippen molar-refractivity contribution in [3.05, 3.63) is 82.2 Å². The third-order valence-corrected chi connectivity index (χ3v) is 4.61. The van der Waals surface area contributed by atoms with Crippen LogP contribution in [-0.4, -0.2) is 44.8 Å². The summed E-state index contributed by atoms with van der Waals surface area (Å²) >= 11 is 0. The SMILES string of the molecule is C=NC1=CC=C(C2=CCC=C(C=O)C(CCN(C)C)=C2)CC=C1C(=C)C=O. The molecule has 2 aliphatic rings. The minimum absolute atomic E-state index is 0.394. The minimum Gasteiger partial charge on any atom is -0.309 e. The monoisotopic (exact) mass is 362 g/mol. The van der Waals surface area contributed by atoms with E-state index in [1.807, 2.05) is 38.4 Å². The van der Waals surface area contributed by atoms with Gasteiger partial charge in [-0.05, 0) is 62.9 Å². The first-order valence-electron chi connectivity index (χ1n) is 8.94. The first-order valence-corrected chi connectivity index (χ1v) is 8.94. The largest absolute Gasteiger partial charge is 0.309 e. The summed E-state index contributed by atoms with van der Waals surface area (Å²) in [6.45, 7) is 8.26. The number of allylic oxidation sites excluding steroid dienone is 10. The second-order valence-corrected chi connectivity index (χ2v) is 6.76. The molecule has 0 heterocycles. The van der Waals surface area contributed by atoms with E-state index in [0.717, 1.165) is 47.8 Å². The third-order valence-electron chi connectivity index (χ3n) is 4.61. The molecule has 140 valence electrons. The zero-order chi connectivity index (χ0) is 19.8. The summed E-state index contributed by atoms with van der Waals surface area (Å²) in [7, 11) is 4.04. The summed E-state index contributed by atoms with van der Waals surface area (Å²) in [6.07, 6.45) is 15.9. The highest BCUT2D eigenvalue weighted by molar-refractivity contribution is 5.83. The maximum Gasteiger partial charge on any atom is 0.150 e. The Bertz CT molecular complexity index is 830. The Hall–Kier alpha value is -2.85. The smallest absolute Gasteiger partial charge is 0.150 e. The molecule has 4 heteroatoms. The van der Waals surface area contributed by atoms with Gasteiger partial charge in [0, 0.05) is 23.3 Å². The topological polar surface area (TPSA) is 49.7 Å². The van der Waals surface area contributed by atoms with Crippen molar-refractivity contribution in [2.24, 2.45) is 4.99 Å². The van der Waals surface area contributed by atoms with Crippen molar-refractivity contribution in [3.63, 3.8) is 0 Å². The molecule has 2 aliphatic carbocycles. The van der Waals surface area contributed by atoms with Gasteiger partial charge in [0.1, 0.15) is 12.6 Å². The Labute approximate surface area is 161 Å². The maximum absolute atomic E-state index is 11.5. The number of carbonyl (C=O) groups excluding carboxylic acids is 2. The first kappa shape index (κ1) is 20.5. The Morgan fingerprint density at radius 1 is 1.22 bits per heavy atom. The van der Waals surface area contributed by atoms with Crippen LogP contribution in [0.15, 0.2) is 87.2 Å². The second-order valence-electron chi connectivity index (χ2n) is 6.76. The van der Waals surface area contributed by atoms with Crippen LogP contribution in [0, 0.1) is 0 Å². The quantitative estimate of drug-likeness (QED) is 0.374. The van der Waals surface area contributed by atoms with E-state index in [2.05, 4.69) is 35.3 Å². The Balaban J connectivity index is 2.37. The zero-order valence-corrected chi connectivity index (χ0v) is 16.1. The fourth-order valence-electron chi connectivity index (χ4n) is 3.05. The lowest BCUT2D eigenvalue weighted by Gasteiger charge is -2.13. The van der Waals surface area contributed by atoms with E-state index >= 15 is 0 Å². The van der Waals surface area contributed by atoms with Gasteiger partial charge < -0.3 is 4.90 Å². The Kier molecular flexibility index (Phi) is 7.38. The summed E-state index contributed by atoms with van der Waals surface area (Å²) < 4.78 is 0. The molecule has 0 saturated carbocycles. The number of hydrogen-bond donors (Lipinski definition) is 0. The molecule has 0 bridgehead atoms. The standard InChI is InChI=1S/C23H26N2O2/c1-17(15-26)22-10-8-18(9-11-23(22)24-2)19-6-5-7-21(16-27)20(14-19)12-13-25(3)4/h6-7,9-11,14-16H,1-2,5,8,12-13H2,3-4H3. The van der Waals surface area contributed by atoms with Gasteiger partial charge in [-0.15, -0.1) is 0 Å². The molecule has 0 radical (unpaired) electrons. The fraction of sp³-hybridized carbons (Fsp3) is 0.261. The van der Waals surface area contributed by atoms with Crippen molar-refractivity contribution in [3.8, 4) is 0 Å². The first-order chi connectivity index (χ1) is 13.0. The van der Waals surface area contributed by atoms with Gasteiger partial charge in [-0.1, -0.05) is 37.0 Å². The molecule has 0 aromatic rings. The molecule has 0 atom stereocenters. The van der Waals surface area contributed by atoms with Gasteiger partial charge in [0.15, 0.2) is 0 Å². The number of nitrogens with zero attached hydrogens (tertiary/aromatic N) is 2. The summed E-state index contributed by atoms with van der Waals surface area (Å²) in [4.78, 5) is 28.8. The highest BCUT2D eigenvalue weighted by Gasteiger charge is 2.14. The number of carbonyl (C=O) groups is 2. The molecule has 27 heavy (non-hydrogen) atoms. The molecule has 0 amide bonds. The van der Waals surface area contributed by atoms with Crippen molar-refractivity contribution >= 4 is 19.3 Å². The van der Waals surface area contributed by atoms with Gasteiger partial charge in [0.2, 0.25) is 0 Å².